The number of rotatable bonds is 6. The van der Waals surface area contributed by atoms with Gasteiger partial charge in [-0.2, -0.15) is 0 Å². The molecule has 1 N–H and O–H groups in total. The minimum Gasteiger partial charge on any atom is -0.392 e. The van der Waals surface area contributed by atoms with E-state index in [1.807, 2.05) is 27.1 Å². The maximum absolute atomic E-state index is 13.6. The summed E-state index contributed by atoms with van der Waals surface area (Å²) in [7, 11) is 0.698. The number of aliphatic hydroxyl groups excluding tert-OH is 1. The first-order valence-corrected chi connectivity index (χ1v) is 13.9. The van der Waals surface area contributed by atoms with E-state index in [0.717, 1.165) is 41.4 Å². The van der Waals surface area contributed by atoms with Crippen LogP contribution in [0.5, 0.6) is 0 Å². The summed E-state index contributed by atoms with van der Waals surface area (Å²) in [6, 6.07) is 8.31. The van der Waals surface area contributed by atoms with E-state index in [2.05, 4.69) is 52.0 Å². The number of fused-ring (bicyclic) bond motifs is 1. The third kappa shape index (κ3) is 4.66. The SMILES string of the molecule is CCCCC1(C)CS(=O)(=O)C2CC=C(N(C)C)CC2[C@@H](c2cccc(CBr)c2)[C@H]1O. The first-order chi connectivity index (χ1) is 14.1. The zero-order valence-electron chi connectivity index (χ0n) is 18.6. The lowest BCUT2D eigenvalue weighted by molar-refractivity contribution is 0.00850. The van der Waals surface area contributed by atoms with E-state index in [0.29, 0.717) is 12.8 Å². The number of halogens is 1. The molecule has 1 aromatic rings. The Kier molecular flexibility index (Phi) is 7.41. The molecule has 1 aliphatic heterocycles. The van der Waals surface area contributed by atoms with E-state index < -0.39 is 26.6 Å². The van der Waals surface area contributed by atoms with Crippen LogP contribution in [0.3, 0.4) is 0 Å². The Morgan fingerprint density at radius 2 is 2.03 bits per heavy atom. The molecule has 4 nitrogen and oxygen atoms in total. The quantitative estimate of drug-likeness (QED) is 0.569. The molecule has 30 heavy (non-hydrogen) atoms. The highest BCUT2D eigenvalue weighted by Crippen LogP contribution is 2.51. The molecule has 3 unspecified atom stereocenters. The summed E-state index contributed by atoms with van der Waals surface area (Å²) in [5, 5.41) is 12.1. The minimum absolute atomic E-state index is 0.0715. The van der Waals surface area contributed by atoms with Gasteiger partial charge in [-0.05, 0) is 36.3 Å². The van der Waals surface area contributed by atoms with Crippen LogP contribution in [-0.4, -0.2) is 49.6 Å². The molecule has 0 saturated carbocycles. The van der Waals surface area contributed by atoms with Crippen LogP contribution in [-0.2, 0) is 15.2 Å². The largest absolute Gasteiger partial charge is 0.392 e. The molecule has 3 rings (SSSR count). The molecule has 168 valence electrons. The van der Waals surface area contributed by atoms with Crippen molar-refractivity contribution >= 4 is 25.8 Å². The maximum atomic E-state index is 13.6. The zero-order valence-corrected chi connectivity index (χ0v) is 21.0. The van der Waals surface area contributed by atoms with E-state index >= 15 is 0 Å². The van der Waals surface area contributed by atoms with Crippen molar-refractivity contribution in [1.82, 2.24) is 4.90 Å². The summed E-state index contributed by atoms with van der Waals surface area (Å²) in [4.78, 5) is 2.09. The van der Waals surface area contributed by atoms with Crippen LogP contribution in [0.15, 0.2) is 36.0 Å². The number of unbranched alkanes of at least 4 members (excludes halogenated alkanes) is 1. The average molecular weight is 499 g/mol. The topological polar surface area (TPSA) is 57.6 Å². The second-order valence-corrected chi connectivity index (χ2v) is 12.4. The Morgan fingerprint density at radius 1 is 1.30 bits per heavy atom. The summed E-state index contributed by atoms with van der Waals surface area (Å²) >= 11 is 3.54. The average Bonchev–Trinajstić information content (AvgIpc) is 2.77. The van der Waals surface area contributed by atoms with E-state index in [1.54, 1.807) is 0 Å². The van der Waals surface area contributed by atoms with Gasteiger partial charge in [0.1, 0.15) is 0 Å². The van der Waals surface area contributed by atoms with Gasteiger partial charge in [-0.15, -0.1) is 0 Å². The van der Waals surface area contributed by atoms with Gasteiger partial charge in [0, 0.05) is 36.5 Å². The second kappa shape index (κ2) is 9.33. The molecule has 5 atom stereocenters. The van der Waals surface area contributed by atoms with Crippen molar-refractivity contribution in [3.8, 4) is 0 Å². The fourth-order valence-electron chi connectivity index (χ4n) is 5.45. The Labute approximate surface area is 190 Å². The minimum atomic E-state index is -3.33. The molecule has 0 aromatic heterocycles. The first-order valence-electron chi connectivity index (χ1n) is 11.0. The molecule has 0 spiro atoms. The number of nitrogens with zero attached hydrogens (tertiary/aromatic N) is 1. The van der Waals surface area contributed by atoms with E-state index in [9.17, 15) is 13.5 Å². The van der Waals surface area contributed by atoms with Crippen molar-refractivity contribution in [3.05, 3.63) is 47.2 Å². The Hall–Kier alpha value is -0.850. The molecule has 1 heterocycles. The van der Waals surface area contributed by atoms with Gasteiger partial charge < -0.3 is 10.0 Å². The summed E-state index contributed by atoms with van der Waals surface area (Å²) in [5.41, 5.74) is 2.74. The molecule has 2 aliphatic rings. The fourth-order valence-corrected chi connectivity index (χ4v) is 8.44. The van der Waals surface area contributed by atoms with E-state index in [1.165, 1.54) is 0 Å². The molecule has 6 heteroatoms. The number of alkyl halides is 1. The highest BCUT2D eigenvalue weighted by molar-refractivity contribution is 9.08. The van der Waals surface area contributed by atoms with Gasteiger partial charge >= 0.3 is 0 Å². The van der Waals surface area contributed by atoms with Crippen molar-refractivity contribution in [2.45, 2.75) is 68.6 Å². The Bertz CT molecular complexity index is 882. The van der Waals surface area contributed by atoms with Gasteiger partial charge in [0.25, 0.3) is 0 Å². The van der Waals surface area contributed by atoms with Gasteiger partial charge in [0.15, 0.2) is 9.84 Å². The van der Waals surface area contributed by atoms with Crippen molar-refractivity contribution in [2.24, 2.45) is 11.3 Å². The number of sulfone groups is 1. The predicted octanol–water partition coefficient (Wildman–Crippen LogP) is 4.88. The number of hydrogen-bond donors (Lipinski definition) is 1. The zero-order chi connectivity index (χ0) is 22.1. The van der Waals surface area contributed by atoms with Gasteiger partial charge in [-0.3, -0.25) is 0 Å². The van der Waals surface area contributed by atoms with Gasteiger partial charge in [0.2, 0.25) is 0 Å². The normalized spacial score (nSPS) is 33.3. The third-order valence-electron chi connectivity index (χ3n) is 7.18. The van der Waals surface area contributed by atoms with Crippen molar-refractivity contribution in [2.75, 3.05) is 19.8 Å². The van der Waals surface area contributed by atoms with Crippen molar-refractivity contribution < 1.29 is 13.5 Å². The van der Waals surface area contributed by atoms with Crippen LogP contribution in [0.2, 0.25) is 0 Å². The lowest BCUT2D eigenvalue weighted by Gasteiger charge is -2.41. The third-order valence-corrected chi connectivity index (χ3v) is 10.4. The number of benzene rings is 1. The number of aliphatic hydroxyl groups is 1. The molecule has 0 bridgehead atoms. The molecule has 1 saturated heterocycles. The second-order valence-electron chi connectivity index (χ2n) is 9.65. The van der Waals surface area contributed by atoms with Crippen LogP contribution >= 0.6 is 15.9 Å². The fraction of sp³-hybridized carbons (Fsp3) is 0.667. The maximum Gasteiger partial charge on any atom is 0.154 e. The van der Waals surface area contributed by atoms with E-state index in [-0.39, 0.29) is 17.6 Å². The highest BCUT2D eigenvalue weighted by Gasteiger charge is 2.53. The van der Waals surface area contributed by atoms with Crippen molar-refractivity contribution in [3.63, 3.8) is 0 Å². The van der Waals surface area contributed by atoms with Crippen LogP contribution in [0.25, 0.3) is 0 Å². The van der Waals surface area contributed by atoms with Gasteiger partial charge in [-0.1, -0.05) is 73.0 Å². The van der Waals surface area contributed by atoms with Gasteiger partial charge in [-0.25, -0.2) is 8.42 Å². The van der Waals surface area contributed by atoms with Gasteiger partial charge in [0.05, 0.1) is 17.1 Å². The molecule has 1 aliphatic carbocycles. The lowest BCUT2D eigenvalue weighted by Crippen LogP contribution is -2.41. The molecule has 0 radical (unpaired) electrons. The van der Waals surface area contributed by atoms with Crippen molar-refractivity contribution in [1.29, 1.82) is 0 Å². The molecule has 1 fully saturated rings. The standard InChI is InChI=1S/C24H36BrNO3S/c1-5-6-12-24(2)16-30(28,29)21-11-10-19(26(3)4)14-20(21)22(23(24)27)18-9-7-8-17(13-18)15-25/h7-10,13,20-23,27H,5-6,11-12,14-16H2,1-4H3/t20?,21?,22-,23-,24?/m1/s1. The molecule has 0 amide bonds. The summed E-state index contributed by atoms with van der Waals surface area (Å²) in [6.45, 7) is 4.11. The van der Waals surface area contributed by atoms with Crippen LogP contribution in [0, 0.1) is 11.3 Å². The summed E-state index contributed by atoms with van der Waals surface area (Å²) in [6.07, 6.45) is 5.25. The summed E-state index contributed by atoms with van der Waals surface area (Å²) in [5.74, 6) is -0.250. The molecular formula is C24H36BrNO3S. The number of allylic oxidation sites excluding steroid dienone is 2. The highest BCUT2D eigenvalue weighted by atomic mass is 79.9. The lowest BCUT2D eigenvalue weighted by atomic mass is 9.67. The van der Waals surface area contributed by atoms with E-state index in [4.69, 9.17) is 0 Å². The first kappa shape index (κ1) is 23.8. The summed E-state index contributed by atoms with van der Waals surface area (Å²) < 4.78 is 27.2. The Morgan fingerprint density at radius 3 is 2.67 bits per heavy atom. The van der Waals surface area contributed by atoms with Crippen LogP contribution in [0.4, 0.5) is 0 Å². The van der Waals surface area contributed by atoms with Crippen LogP contribution < -0.4 is 0 Å². The molecule has 1 aromatic carbocycles. The predicted molar refractivity (Wildman–Crippen MR) is 128 cm³/mol. The number of hydrogen-bond acceptors (Lipinski definition) is 4. The smallest absolute Gasteiger partial charge is 0.154 e. The molecular weight excluding hydrogens is 462 g/mol. The monoisotopic (exact) mass is 497 g/mol. The van der Waals surface area contributed by atoms with Crippen LogP contribution in [0.1, 0.15) is 63.0 Å². The Balaban J connectivity index is 2.16.